The standard InChI is InChI=1S/C23H29N3O3S2/c1-25(2)14-6-15-26(23-24-22-19(29-4)7-5-8-20(22)31-23)21(27)13-16-30-18-11-9-17(28-3)10-12-18/h5,7-12H,6,13-16H2,1-4H3. The maximum Gasteiger partial charge on any atom is 0.229 e. The van der Waals surface area contributed by atoms with Gasteiger partial charge in [-0.05, 0) is 63.5 Å². The van der Waals surface area contributed by atoms with Crippen LogP contribution in [0.5, 0.6) is 11.5 Å². The number of amides is 1. The summed E-state index contributed by atoms with van der Waals surface area (Å²) in [5.74, 6) is 2.37. The zero-order chi connectivity index (χ0) is 22.2. The molecule has 0 bridgehead atoms. The van der Waals surface area contributed by atoms with Crippen LogP contribution in [-0.2, 0) is 4.79 Å². The van der Waals surface area contributed by atoms with E-state index in [2.05, 4.69) is 4.90 Å². The van der Waals surface area contributed by atoms with E-state index in [0.29, 0.717) is 18.7 Å². The number of aromatic nitrogens is 1. The van der Waals surface area contributed by atoms with Gasteiger partial charge in [0.2, 0.25) is 5.91 Å². The van der Waals surface area contributed by atoms with Crippen LogP contribution in [0.4, 0.5) is 5.13 Å². The number of para-hydroxylation sites is 1. The number of methoxy groups -OCH3 is 2. The Bertz CT molecular complexity index is 989. The Labute approximate surface area is 192 Å². The van der Waals surface area contributed by atoms with E-state index >= 15 is 0 Å². The first-order chi connectivity index (χ1) is 15.0. The van der Waals surface area contributed by atoms with Crippen molar-refractivity contribution in [3.05, 3.63) is 42.5 Å². The number of rotatable bonds is 11. The Balaban J connectivity index is 1.70. The van der Waals surface area contributed by atoms with Crippen LogP contribution in [0, 0.1) is 0 Å². The summed E-state index contributed by atoms with van der Waals surface area (Å²) in [6.45, 7) is 1.56. The van der Waals surface area contributed by atoms with E-state index in [0.717, 1.165) is 44.7 Å². The zero-order valence-electron chi connectivity index (χ0n) is 18.5. The van der Waals surface area contributed by atoms with Gasteiger partial charge in [-0.3, -0.25) is 9.69 Å². The van der Waals surface area contributed by atoms with E-state index in [9.17, 15) is 4.79 Å². The smallest absolute Gasteiger partial charge is 0.229 e. The number of benzene rings is 2. The van der Waals surface area contributed by atoms with Crippen LogP contribution in [0.25, 0.3) is 10.2 Å². The monoisotopic (exact) mass is 459 g/mol. The van der Waals surface area contributed by atoms with E-state index in [1.165, 1.54) is 11.3 Å². The second kappa shape index (κ2) is 11.4. The molecule has 3 aromatic rings. The maximum absolute atomic E-state index is 13.2. The quantitative estimate of drug-likeness (QED) is 0.385. The highest BCUT2D eigenvalue weighted by Crippen LogP contribution is 2.34. The third-order valence-electron chi connectivity index (χ3n) is 4.75. The molecule has 6 nitrogen and oxygen atoms in total. The van der Waals surface area contributed by atoms with Gasteiger partial charge in [-0.2, -0.15) is 0 Å². The molecule has 0 atom stereocenters. The van der Waals surface area contributed by atoms with Crippen LogP contribution in [0.2, 0.25) is 0 Å². The molecule has 0 N–H and O–H groups in total. The average Bonchev–Trinajstić information content (AvgIpc) is 3.20. The summed E-state index contributed by atoms with van der Waals surface area (Å²) in [6.07, 6.45) is 1.34. The average molecular weight is 460 g/mol. The van der Waals surface area contributed by atoms with Crippen molar-refractivity contribution in [2.24, 2.45) is 0 Å². The van der Waals surface area contributed by atoms with Crippen molar-refractivity contribution in [2.45, 2.75) is 17.7 Å². The first-order valence-corrected chi connectivity index (χ1v) is 12.0. The topological polar surface area (TPSA) is 54.9 Å². The minimum Gasteiger partial charge on any atom is -0.497 e. The molecule has 0 fully saturated rings. The van der Waals surface area contributed by atoms with Crippen molar-refractivity contribution in [1.82, 2.24) is 9.88 Å². The van der Waals surface area contributed by atoms with Crippen LogP contribution in [0.15, 0.2) is 47.4 Å². The molecular weight excluding hydrogens is 430 g/mol. The van der Waals surface area contributed by atoms with Crippen LogP contribution in [0.3, 0.4) is 0 Å². The molecule has 31 heavy (non-hydrogen) atoms. The third-order valence-corrected chi connectivity index (χ3v) is 6.81. The molecule has 8 heteroatoms. The molecule has 166 valence electrons. The SMILES string of the molecule is COc1ccc(SCCC(=O)N(CCCN(C)C)c2nc3c(OC)cccc3s2)cc1. The van der Waals surface area contributed by atoms with Crippen molar-refractivity contribution in [3.8, 4) is 11.5 Å². The highest BCUT2D eigenvalue weighted by Gasteiger charge is 2.20. The van der Waals surface area contributed by atoms with Gasteiger partial charge in [0, 0.05) is 23.6 Å². The highest BCUT2D eigenvalue weighted by atomic mass is 32.2. The van der Waals surface area contributed by atoms with Gasteiger partial charge in [0.1, 0.15) is 17.0 Å². The normalized spacial score (nSPS) is 11.1. The van der Waals surface area contributed by atoms with Crippen LogP contribution < -0.4 is 14.4 Å². The van der Waals surface area contributed by atoms with Crippen molar-refractivity contribution in [1.29, 1.82) is 0 Å². The van der Waals surface area contributed by atoms with Crippen molar-refractivity contribution in [2.75, 3.05) is 52.1 Å². The van der Waals surface area contributed by atoms with Crippen LogP contribution in [-0.4, -0.2) is 62.9 Å². The molecule has 0 aliphatic rings. The van der Waals surface area contributed by atoms with E-state index in [1.54, 1.807) is 26.0 Å². The molecule has 0 aliphatic carbocycles. The number of nitrogens with zero attached hydrogens (tertiary/aromatic N) is 3. The number of fused-ring (bicyclic) bond motifs is 1. The van der Waals surface area contributed by atoms with Gasteiger partial charge in [-0.15, -0.1) is 11.8 Å². The van der Waals surface area contributed by atoms with Crippen molar-refractivity contribution in [3.63, 3.8) is 0 Å². The fourth-order valence-electron chi connectivity index (χ4n) is 3.13. The highest BCUT2D eigenvalue weighted by molar-refractivity contribution is 7.99. The minimum absolute atomic E-state index is 0.0952. The lowest BCUT2D eigenvalue weighted by molar-refractivity contribution is -0.118. The summed E-state index contributed by atoms with van der Waals surface area (Å²) >= 11 is 3.21. The van der Waals surface area contributed by atoms with Gasteiger partial charge in [0.15, 0.2) is 5.13 Å². The molecule has 1 heterocycles. The van der Waals surface area contributed by atoms with Crippen LogP contribution in [0.1, 0.15) is 12.8 Å². The predicted molar refractivity (Wildman–Crippen MR) is 130 cm³/mol. The summed E-state index contributed by atoms with van der Waals surface area (Å²) in [4.78, 5) is 23.0. The molecule has 0 saturated carbocycles. The molecule has 2 aromatic carbocycles. The van der Waals surface area contributed by atoms with E-state index in [-0.39, 0.29) is 5.91 Å². The van der Waals surface area contributed by atoms with Gasteiger partial charge in [-0.1, -0.05) is 17.4 Å². The molecule has 0 radical (unpaired) electrons. The van der Waals surface area contributed by atoms with Gasteiger partial charge in [0.25, 0.3) is 0 Å². The van der Waals surface area contributed by atoms with Crippen molar-refractivity contribution >= 4 is 44.4 Å². The number of anilines is 1. The summed E-state index contributed by atoms with van der Waals surface area (Å²) in [6, 6.07) is 13.8. The zero-order valence-corrected chi connectivity index (χ0v) is 20.1. The summed E-state index contributed by atoms with van der Waals surface area (Å²) < 4.78 is 11.7. The Morgan fingerprint density at radius 3 is 2.52 bits per heavy atom. The fraction of sp³-hybridized carbons (Fsp3) is 0.391. The lowest BCUT2D eigenvalue weighted by Crippen LogP contribution is -2.33. The van der Waals surface area contributed by atoms with Gasteiger partial charge in [-0.25, -0.2) is 4.98 Å². The Hall–Kier alpha value is -2.29. The molecule has 0 aliphatic heterocycles. The Morgan fingerprint density at radius 1 is 1.06 bits per heavy atom. The molecule has 3 rings (SSSR count). The molecule has 1 amide bonds. The number of carbonyl (C=O) groups is 1. The first kappa shape index (κ1) is 23.4. The molecular formula is C23H29N3O3S2. The summed E-state index contributed by atoms with van der Waals surface area (Å²) in [7, 11) is 7.38. The molecule has 0 saturated heterocycles. The van der Waals surface area contributed by atoms with E-state index < -0.39 is 0 Å². The lowest BCUT2D eigenvalue weighted by atomic mass is 10.3. The number of thiazole rings is 1. The number of hydrogen-bond donors (Lipinski definition) is 0. The predicted octanol–water partition coefficient (Wildman–Crippen LogP) is 4.78. The van der Waals surface area contributed by atoms with Gasteiger partial charge >= 0.3 is 0 Å². The lowest BCUT2D eigenvalue weighted by Gasteiger charge is -2.21. The van der Waals surface area contributed by atoms with Gasteiger partial charge in [0.05, 0.1) is 18.9 Å². The second-order valence-electron chi connectivity index (χ2n) is 7.28. The Kier molecular flexibility index (Phi) is 8.57. The number of thioether (sulfide) groups is 1. The van der Waals surface area contributed by atoms with E-state index in [1.807, 2.05) is 61.5 Å². The Morgan fingerprint density at radius 2 is 1.84 bits per heavy atom. The third kappa shape index (κ3) is 6.35. The van der Waals surface area contributed by atoms with E-state index in [4.69, 9.17) is 14.5 Å². The van der Waals surface area contributed by atoms with Gasteiger partial charge < -0.3 is 14.4 Å². The number of carbonyl (C=O) groups excluding carboxylic acids is 1. The second-order valence-corrected chi connectivity index (χ2v) is 9.46. The molecule has 0 unspecified atom stereocenters. The molecule has 1 aromatic heterocycles. The van der Waals surface area contributed by atoms with Crippen LogP contribution >= 0.6 is 23.1 Å². The fourth-order valence-corrected chi connectivity index (χ4v) is 4.99. The minimum atomic E-state index is 0.0952. The summed E-state index contributed by atoms with van der Waals surface area (Å²) in [5.41, 5.74) is 0.808. The summed E-state index contributed by atoms with van der Waals surface area (Å²) in [5, 5.41) is 0.734. The van der Waals surface area contributed by atoms with Crippen molar-refractivity contribution < 1.29 is 14.3 Å². The number of ether oxygens (including phenoxy) is 2. The maximum atomic E-state index is 13.2. The largest absolute Gasteiger partial charge is 0.497 e. The number of hydrogen-bond acceptors (Lipinski definition) is 7. The first-order valence-electron chi connectivity index (χ1n) is 10.2. The molecule has 0 spiro atoms.